The highest BCUT2D eigenvalue weighted by Crippen LogP contribution is 2.46. The molecule has 0 fully saturated rings. The molecule has 3 aromatic carbocycles. The number of halogens is 8. The number of carbonyl (C=O) groups is 2. The van der Waals surface area contributed by atoms with Crippen molar-refractivity contribution in [3.63, 3.8) is 0 Å². The number of alkyl halides is 5. The second kappa shape index (κ2) is 9.51. The lowest BCUT2D eigenvalue weighted by molar-refractivity contribution is -0.137. The molecule has 1 unspecified atom stereocenters. The Morgan fingerprint density at radius 2 is 1.90 bits per heavy atom. The van der Waals surface area contributed by atoms with Gasteiger partial charge in [0.2, 0.25) is 12.3 Å². The number of amides is 2. The van der Waals surface area contributed by atoms with Gasteiger partial charge in [-0.3, -0.25) is 14.3 Å². The molecule has 208 valence electrons. The van der Waals surface area contributed by atoms with Gasteiger partial charge in [0.25, 0.3) is 5.91 Å². The molecule has 1 atom stereocenters. The third-order valence-electron chi connectivity index (χ3n) is 6.46. The van der Waals surface area contributed by atoms with Gasteiger partial charge in [0.1, 0.15) is 17.2 Å². The number of carbonyl (C=O) groups excluding carboxylic acids is 2. The molecule has 2 amide bonds. The highest BCUT2D eigenvalue weighted by atomic mass is 35.5. The lowest BCUT2D eigenvalue weighted by atomic mass is 9.85. The Morgan fingerprint density at radius 3 is 2.52 bits per heavy atom. The molecule has 0 aliphatic carbocycles. The number of hydrogen-bond acceptors (Lipinski definition) is 3. The average molecular weight is 586 g/mol. The van der Waals surface area contributed by atoms with E-state index in [-0.39, 0.29) is 33.2 Å². The molecular weight excluding hydrogens is 569 g/mol. The third kappa shape index (κ3) is 4.43. The van der Waals surface area contributed by atoms with Gasteiger partial charge in [0.05, 0.1) is 36.2 Å². The van der Waals surface area contributed by atoms with E-state index in [4.69, 9.17) is 17.3 Å². The summed E-state index contributed by atoms with van der Waals surface area (Å²) in [7, 11) is 1.29. The van der Waals surface area contributed by atoms with Crippen LogP contribution in [0, 0.1) is 11.6 Å². The monoisotopic (exact) mass is 585 g/mol. The summed E-state index contributed by atoms with van der Waals surface area (Å²) >= 11 is 6.25. The summed E-state index contributed by atoms with van der Waals surface area (Å²) in [6, 6.07) is 1.79. The Hall–Kier alpha value is -4.13. The molecule has 2 heterocycles. The third-order valence-corrected chi connectivity index (χ3v) is 6.79. The van der Waals surface area contributed by atoms with Crippen LogP contribution in [0.25, 0.3) is 22.0 Å². The number of nitrogens with one attached hydrogen (secondary N) is 1. The van der Waals surface area contributed by atoms with Crippen molar-refractivity contribution in [2.24, 2.45) is 12.8 Å². The minimum absolute atomic E-state index is 0.0899. The highest BCUT2D eigenvalue weighted by Gasteiger charge is 2.40. The normalized spacial score (nSPS) is 17.4. The Morgan fingerprint density at radius 1 is 1.20 bits per heavy atom. The standard InChI is InChI=1S/C26H16ClF7N4O2/c1-38-17(8-18(30)31)12-7-13(19-14(24(35)39)4-9(5-16(19)29)26(32,33)34)20-21(23(12)37-38)25(40)36-22(20)11-6-10(28)2-3-15(11)27/h2-7,18,22H,8H2,1H3,(H2,35,39)(H,36,40)/i22D. The average Bonchev–Trinajstić information content (AvgIpc) is 3.31. The van der Waals surface area contributed by atoms with Crippen LogP contribution in [-0.2, 0) is 19.6 Å². The molecule has 1 aromatic heterocycles. The second-order valence-electron chi connectivity index (χ2n) is 8.93. The largest absolute Gasteiger partial charge is 0.416 e. The van der Waals surface area contributed by atoms with Gasteiger partial charge in [-0.1, -0.05) is 11.6 Å². The molecule has 6 nitrogen and oxygen atoms in total. The van der Waals surface area contributed by atoms with Crippen molar-refractivity contribution >= 4 is 34.3 Å². The van der Waals surface area contributed by atoms with Gasteiger partial charge < -0.3 is 11.1 Å². The fourth-order valence-corrected chi connectivity index (χ4v) is 5.03. The van der Waals surface area contributed by atoms with E-state index in [1.54, 1.807) is 0 Å². The Balaban J connectivity index is 1.99. The zero-order valence-corrected chi connectivity index (χ0v) is 20.8. The molecule has 0 bridgehead atoms. The molecular formula is C26H16ClF7N4O2. The number of nitrogens with two attached hydrogens (primary N) is 1. The van der Waals surface area contributed by atoms with Gasteiger partial charge in [0, 0.05) is 34.1 Å². The van der Waals surface area contributed by atoms with Gasteiger partial charge in [-0.05, 0) is 42.0 Å². The first kappa shape index (κ1) is 26.1. The Kier molecular flexibility index (Phi) is 6.21. The lowest BCUT2D eigenvalue weighted by Crippen LogP contribution is -2.21. The van der Waals surface area contributed by atoms with Crippen LogP contribution in [0.5, 0.6) is 0 Å². The van der Waals surface area contributed by atoms with E-state index in [9.17, 15) is 37.3 Å². The Bertz CT molecular complexity index is 1790. The molecule has 40 heavy (non-hydrogen) atoms. The predicted molar refractivity (Wildman–Crippen MR) is 130 cm³/mol. The van der Waals surface area contributed by atoms with Crippen molar-refractivity contribution in [1.29, 1.82) is 0 Å². The SMILES string of the molecule is [2H]C1(c2cc(F)ccc2Cl)NC(=O)c2c1c(-c1c(F)cc(C(F)(F)F)cc1C(N)=O)cc1c(CC(F)F)n(C)nc21. The second-order valence-corrected chi connectivity index (χ2v) is 9.34. The van der Waals surface area contributed by atoms with Crippen LogP contribution in [0.2, 0.25) is 5.02 Å². The van der Waals surface area contributed by atoms with Crippen molar-refractivity contribution in [2.45, 2.75) is 25.0 Å². The Labute approximate surface area is 226 Å². The maximum atomic E-state index is 15.7. The van der Waals surface area contributed by atoms with Crippen LogP contribution in [0.3, 0.4) is 0 Å². The van der Waals surface area contributed by atoms with Crippen LogP contribution >= 0.6 is 11.6 Å². The molecule has 3 N–H and O–H groups in total. The highest BCUT2D eigenvalue weighted by molar-refractivity contribution is 6.31. The number of aryl methyl sites for hydroxylation is 1. The summed E-state index contributed by atoms with van der Waals surface area (Å²) in [5.41, 5.74) is -0.0755. The first-order valence-electron chi connectivity index (χ1n) is 11.8. The number of hydrogen-bond donors (Lipinski definition) is 2. The van der Waals surface area contributed by atoms with Gasteiger partial charge in [-0.15, -0.1) is 0 Å². The van der Waals surface area contributed by atoms with Crippen molar-refractivity contribution in [1.82, 2.24) is 15.1 Å². The predicted octanol–water partition coefficient (Wildman–Crippen LogP) is 5.93. The van der Waals surface area contributed by atoms with Crippen LogP contribution in [0.4, 0.5) is 30.7 Å². The smallest absolute Gasteiger partial charge is 0.366 e. The number of primary amides is 1. The van der Waals surface area contributed by atoms with Crippen LogP contribution < -0.4 is 11.1 Å². The molecule has 5 rings (SSSR count). The van der Waals surface area contributed by atoms with E-state index in [0.717, 1.165) is 28.9 Å². The fraction of sp³-hybridized carbons (Fsp3) is 0.192. The summed E-state index contributed by atoms with van der Waals surface area (Å²) in [5, 5.41) is 6.12. The maximum Gasteiger partial charge on any atom is 0.416 e. The molecule has 14 heteroatoms. The van der Waals surface area contributed by atoms with Crippen LogP contribution in [0.15, 0.2) is 36.4 Å². The zero-order valence-electron chi connectivity index (χ0n) is 21.1. The maximum absolute atomic E-state index is 15.7. The number of rotatable bonds is 5. The molecule has 0 radical (unpaired) electrons. The molecule has 1 aliphatic rings. The molecule has 0 saturated heterocycles. The topological polar surface area (TPSA) is 90.0 Å². The first-order valence-corrected chi connectivity index (χ1v) is 11.7. The van der Waals surface area contributed by atoms with Gasteiger partial charge in [0.15, 0.2) is 0 Å². The van der Waals surface area contributed by atoms with Gasteiger partial charge >= 0.3 is 6.18 Å². The fourth-order valence-electron chi connectivity index (χ4n) is 4.82. The first-order chi connectivity index (χ1) is 19.0. The quantitative estimate of drug-likeness (QED) is 0.285. The van der Waals surface area contributed by atoms with Gasteiger partial charge in [-0.2, -0.15) is 18.3 Å². The zero-order chi connectivity index (χ0) is 30.2. The van der Waals surface area contributed by atoms with Crippen LogP contribution in [-0.4, -0.2) is 28.0 Å². The lowest BCUT2D eigenvalue weighted by Gasteiger charge is -2.20. The summed E-state index contributed by atoms with van der Waals surface area (Å²) in [4.78, 5) is 25.8. The summed E-state index contributed by atoms with van der Waals surface area (Å²) in [5.74, 6) is -5.00. The van der Waals surface area contributed by atoms with E-state index in [0.29, 0.717) is 6.07 Å². The number of fused-ring (bicyclic) bond motifs is 3. The minimum atomic E-state index is -5.09. The molecule has 1 aliphatic heterocycles. The summed E-state index contributed by atoms with van der Waals surface area (Å²) in [6.45, 7) is 0. The van der Waals surface area contributed by atoms with Crippen molar-refractivity contribution < 1.29 is 41.7 Å². The van der Waals surface area contributed by atoms with Crippen molar-refractivity contribution in [3.05, 3.63) is 86.6 Å². The van der Waals surface area contributed by atoms with Crippen molar-refractivity contribution in [2.75, 3.05) is 0 Å². The number of aromatic nitrogens is 2. The summed E-state index contributed by atoms with van der Waals surface area (Å²) in [6.07, 6.45) is -8.87. The van der Waals surface area contributed by atoms with E-state index in [1.807, 2.05) is 0 Å². The van der Waals surface area contributed by atoms with Crippen LogP contribution in [0.1, 0.15) is 50.5 Å². The van der Waals surface area contributed by atoms with E-state index in [1.165, 1.54) is 7.05 Å². The van der Waals surface area contributed by atoms with E-state index in [2.05, 4.69) is 10.4 Å². The number of nitrogens with zero attached hydrogens (tertiary/aromatic N) is 2. The van der Waals surface area contributed by atoms with Crippen molar-refractivity contribution in [3.8, 4) is 11.1 Å². The number of benzene rings is 3. The van der Waals surface area contributed by atoms with Gasteiger partial charge in [-0.25, -0.2) is 17.6 Å². The van der Waals surface area contributed by atoms with E-state index >= 15 is 4.39 Å². The minimum Gasteiger partial charge on any atom is -0.366 e. The van der Waals surface area contributed by atoms with E-state index < -0.39 is 81.9 Å². The molecule has 0 spiro atoms. The summed E-state index contributed by atoms with van der Waals surface area (Å²) < 4.78 is 108. The molecule has 0 saturated carbocycles. The molecule has 4 aromatic rings.